The van der Waals surface area contributed by atoms with Gasteiger partial charge in [-0.3, -0.25) is 0 Å². The Morgan fingerprint density at radius 3 is 0.926 bits per heavy atom. The van der Waals surface area contributed by atoms with E-state index in [-0.39, 0.29) is 0 Å². The first kappa shape index (κ1) is 27.0. The molecule has 0 aromatic heterocycles. The summed E-state index contributed by atoms with van der Waals surface area (Å²) >= 11 is 0. The van der Waals surface area contributed by atoms with Crippen LogP contribution in [-0.2, 0) is 0 Å². The van der Waals surface area contributed by atoms with E-state index in [1.807, 2.05) is 0 Å². The van der Waals surface area contributed by atoms with Gasteiger partial charge >= 0.3 is 0 Å². The Morgan fingerprint density at radius 1 is 0.407 bits per heavy atom. The lowest BCUT2D eigenvalue weighted by atomic mass is 9.99. The smallest absolute Gasteiger partial charge is 0.00891 e. The van der Waals surface area contributed by atoms with Crippen LogP contribution in [0, 0.1) is 0 Å². The minimum atomic E-state index is 0.823. The second-order valence-corrected chi connectivity index (χ2v) is 9.21. The van der Waals surface area contributed by atoms with E-state index >= 15 is 0 Å². The van der Waals surface area contributed by atoms with E-state index in [1.165, 1.54) is 135 Å². The van der Waals surface area contributed by atoms with Crippen LogP contribution in [0.15, 0.2) is 0 Å². The molecule has 0 saturated carbocycles. The third-order valence-electron chi connectivity index (χ3n) is 6.26. The van der Waals surface area contributed by atoms with Crippen LogP contribution >= 0.6 is 0 Å². The molecule has 0 saturated heterocycles. The van der Waals surface area contributed by atoms with Crippen LogP contribution in [0.3, 0.4) is 0 Å². The van der Waals surface area contributed by atoms with Gasteiger partial charge in [-0.05, 0) is 26.9 Å². The number of hydrogen-bond acceptors (Lipinski definition) is 1. The quantitative estimate of drug-likeness (QED) is 0.169. The predicted octanol–water partition coefficient (Wildman–Crippen LogP) is 9.15. The van der Waals surface area contributed by atoms with Crippen molar-refractivity contribution in [1.29, 1.82) is 0 Å². The summed E-state index contributed by atoms with van der Waals surface area (Å²) in [7, 11) is 4.57. The van der Waals surface area contributed by atoms with Crippen LogP contribution in [0.1, 0.15) is 149 Å². The molecule has 1 atom stereocenters. The van der Waals surface area contributed by atoms with E-state index in [2.05, 4.69) is 32.8 Å². The molecule has 0 radical (unpaired) electrons. The van der Waals surface area contributed by atoms with Gasteiger partial charge in [0.25, 0.3) is 0 Å². The number of rotatable bonds is 22. The zero-order valence-corrected chi connectivity index (χ0v) is 19.9. The second kappa shape index (κ2) is 22.3. The molecule has 0 rings (SSSR count). The summed E-state index contributed by atoms with van der Waals surface area (Å²) in [4.78, 5) is 2.48. The van der Waals surface area contributed by atoms with Crippen LogP contribution in [-0.4, -0.2) is 25.0 Å². The summed E-state index contributed by atoms with van der Waals surface area (Å²) in [5.74, 6) is 0. The van der Waals surface area contributed by atoms with Gasteiger partial charge < -0.3 is 4.90 Å². The molecule has 1 heteroatoms. The summed E-state index contributed by atoms with van der Waals surface area (Å²) in [5, 5.41) is 0. The van der Waals surface area contributed by atoms with E-state index in [1.54, 1.807) is 0 Å². The van der Waals surface area contributed by atoms with Gasteiger partial charge in [-0.15, -0.1) is 0 Å². The minimum absolute atomic E-state index is 0.823. The molecular formula is C26H55N. The summed E-state index contributed by atoms with van der Waals surface area (Å²) in [6.07, 6.45) is 30.3. The first-order valence-electron chi connectivity index (χ1n) is 12.9. The molecule has 1 unspecified atom stereocenters. The molecule has 0 aromatic rings. The van der Waals surface area contributed by atoms with Gasteiger partial charge in [0, 0.05) is 6.04 Å². The van der Waals surface area contributed by atoms with E-state index in [9.17, 15) is 0 Å². The molecule has 0 heterocycles. The zero-order valence-electron chi connectivity index (χ0n) is 19.9. The van der Waals surface area contributed by atoms with Gasteiger partial charge in [0.1, 0.15) is 0 Å². The van der Waals surface area contributed by atoms with Crippen molar-refractivity contribution in [2.24, 2.45) is 0 Å². The normalized spacial score (nSPS) is 12.8. The van der Waals surface area contributed by atoms with Crippen molar-refractivity contribution in [2.75, 3.05) is 14.1 Å². The predicted molar refractivity (Wildman–Crippen MR) is 126 cm³/mol. The summed E-state index contributed by atoms with van der Waals surface area (Å²) in [5.41, 5.74) is 0. The van der Waals surface area contributed by atoms with Crippen LogP contribution in [0.25, 0.3) is 0 Å². The highest BCUT2D eigenvalue weighted by Crippen LogP contribution is 2.18. The second-order valence-electron chi connectivity index (χ2n) is 9.21. The molecule has 0 aliphatic carbocycles. The molecule has 0 aliphatic rings. The Hall–Kier alpha value is -0.0400. The average Bonchev–Trinajstić information content (AvgIpc) is 2.66. The molecule has 0 bridgehead atoms. The topological polar surface area (TPSA) is 3.24 Å². The van der Waals surface area contributed by atoms with Crippen molar-refractivity contribution >= 4 is 0 Å². The fourth-order valence-corrected chi connectivity index (χ4v) is 4.22. The Morgan fingerprint density at radius 2 is 0.667 bits per heavy atom. The fourth-order valence-electron chi connectivity index (χ4n) is 4.22. The Labute approximate surface area is 174 Å². The van der Waals surface area contributed by atoms with Crippen molar-refractivity contribution in [2.45, 2.75) is 155 Å². The summed E-state index contributed by atoms with van der Waals surface area (Å²) in [6.45, 7) is 4.60. The molecule has 164 valence electrons. The highest BCUT2D eigenvalue weighted by Gasteiger charge is 2.10. The first-order valence-corrected chi connectivity index (χ1v) is 12.9. The van der Waals surface area contributed by atoms with Crippen LogP contribution in [0.2, 0.25) is 0 Å². The molecule has 0 fully saturated rings. The van der Waals surface area contributed by atoms with E-state index in [0.29, 0.717) is 0 Å². The highest BCUT2D eigenvalue weighted by molar-refractivity contribution is 4.66. The van der Waals surface area contributed by atoms with Gasteiger partial charge in [-0.25, -0.2) is 0 Å². The van der Waals surface area contributed by atoms with Gasteiger partial charge in [-0.2, -0.15) is 0 Å². The third kappa shape index (κ3) is 20.5. The first-order chi connectivity index (χ1) is 13.2. The maximum absolute atomic E-state index is 2.48. The Kier molecular flexibility index (Phi) is 22.2. The van der Waals surface area contributed by atoms with E-state index in [4.69, 9.17) is 0 Å². The summed E-state index contributed by atoms with van der Waals surface area (Å²) in [6, 6.07) is 0.823. The molecule has 1 nitrogen and oxygen atoms in total. The van der Waals surface area contributed by atoms with Crippen molar-refractivity contribution in [3.8, 4) is 0 Å². The maximum Gasteiger partial charge on any atom is 0.00891 e. The standard InChI is InChI=1S/C26H55N/c1-5-7-9-11-13-15-17-19-21-23-25-26(27(3)4)24-22-20-18-16-14-12-10-8-6-2/h26H,5-25H2,1-4H3. The van der Waals surface area contributed by atoms with Gasteiger partial charge in [0.15, 0.2) is 0 Å². The number of hydrogen-bond donors (Lipinski definition) is 0. The Balaban J connectivity index is 3.44. The molecule has 0 amide bonds. The van der Waals surface area contributed by atoms with Crippen molar-refractivity contribution in [1.82, 2.24) is 4.90 Å². The molecule has 0 aliphatic heterocycles. The number of nitrogens with zero attached hydrogens (tertiary/aromatic N) is 1. The fraction of sp³-hybridized carbons (Fsp3) is 1.00. The molecule has 0 N–H and O–H groups in total. The minimum Gasteiger partial charge on any atom is -0.306 e. The SMILES string of the molecule is CCCCCCCCCCCCC(CCCCCCCCCCC)N(C)C. The van der Waals surface area contributed by atoms with Crippen molar-refractivity contribution in [3.05, 3.63) is 0 Å². The van der Waals surface area contributed by atoms with Gasteiger partial charge in [-0.1, -0.05) is 136 Å². The van der Waals surface area contributed by atoms with Crippen LogP contribution in [0.4, 0.5) is 0 Å². The van der Waals surface area contributed by atoms with E-state index < -0.39 is 0 Å². The van der Waals surface area contributed by atoms with Gasteiger partial charge in [0.05, 0.1) is 0 Å². The molecule has 27 heavy (non-hydrogen) atoms. The van der Waals surface area contributed by atoms with Gasteiger partial charge in [0.2, 0.25) is 0 Å². The van der Waals surface area contributed by atoms with Crippen molar-refractivity contribution in [3.63, 3.8) is 0 Å². The third-order valence-corrected chi connectivity index (χ3v) is 6.26. The molecular weight excluding hydrogens is 326 g/mol. The summed E-state index contributed by atoms with van der Waals surface area (Å²) < 4.78 is 0. The lowest BCUT2D eigenvalue weighted by molar-refractivity contribution is 0.251. The largest absolute Gasteiger partial charge is 0.306 e. The van der Waals surface area contributed by atoms with E-state index in [0.717, 1.165) is 6.04 Å². The maximum atomic E-state index is 2.48. The molecule has 0 spiro atoms. The average molecular weight is 382 g/mol. The Bertz CT molecular complexity index is 261. The monoisotopic (exact) mass is 381 g/mol. The van der Waals surface area contributed by atoms with Crippen LogP contribution < -0.4 is 0 Å². The lowest BCUT2D eigenvalue weighted by Gasteiger charge is -2.24. The van der Waals surface area contributed by atoms with Crippen LogP contribution in [0.5, 0.6) is 0 Å². The number of unbranched alkanes of at least 4 members (excludes halogenated alkanes) is 17. The molecule has 0 aromatic carbocycles. The lowest BCUT2D eigenvalue weighted by Crippen LogP contribution is -2.27. The highest BCUT2D eigenvalue weighted by atomic mass is 15.1. The zero-order chi connectivity index (χ0) is 20.0. The van der Waals surface area contributed by atoms with Crippen molar-refractivity contribution < 1.29 is 0 Å².